The van der Waals surface area contributed by atoms with Crippen molar-refractivity contribution in [2.75, 3.05) is 0 Å². The van der Waals surface area contributed by atoms with Crippen molar-refractivity contribution in [2.45, 2.75) is 51.6 Å². The fourth-order valence-electron chi connectivity index (χ4n) is 1.67. The van der Waals surface area contributed by atoms with Crippen LogP contribution in [0.25, 0.3) is 0 Å². The van der Waals surface area contributed by atoms with Crippen LogP contribution in [0.4, 0.5) is 0 Å². The number of nitriles is 1. The summed E-state index contributed by atoms with van der Waals surface area (Å²) in [5, 5.41) is 12.3. The van der Waals surface area contributed by atoms with Gasteiger partial charge in [0.25, 0.3) is 0 Å². The number of nitrogens with one attached hydrogen (secondary N) is 1. The van der Waals surface area contributed by atoms with Gasteiger partial charge in [-0.15, -0.1) is 0 Å². The van der Waals surface area contributed by atoms with E-state index in [0.29, 0.717) is 6.04 Å². The van der Waals surface area contributed by atoms with E-state index in [1.807, 2.05) is 6.92 Å². The number of hydrogen-bond donors (Lipinski definition) is 1. The van der Waals surface area contributed by atoms with Crippen molar-refractivity contribution < 1.29 is 0 Å². The highest BCUT2D eigenvalue weighted by Gasteiger charge is 2.33. The van der Waals surface area contributed by atoms with Crippen LogP contribution in [0.2, 0.25) is 0 Å². The molecule has 0 aliphatic heterocycles. The van der Waals surface area contributed by atoms with Crippen LogP contribution in [0, 0.1) is 17.2 Å². The predicted octanol–water partition coefficient (Wildman–Crippen LogP) is 2.07. The average Bonchev–Trinajstić information content (AvgIpc) is 2.70. The smallest absolute Gasteiger partial charge is 0.104 e. The Balaban J connectivity index is 2.43. The molecule has 0 heterocycles. The standard InChI is InChI=1S/C10H18N2/c1-8(2)12-10(3,7-11)6-9-4-5-9/h8-9,12H,4-6H2,1-3H3. The molecule has 0 saturated heterocycles. The Kier molecular flexibility index (Phi) is 2.74. The Morgan fingerprint density at radius 2 is 2.17 bits per heavy atom. The molecule has 1 atom stereocenters. The summed E-state index contributed by atoms with van der Waals surface area (Å²) in [6.07, 6.45) is 3.65. The first kappa shape index (κ1) is 9.54. The second kappa shape index (κ2) is 3.45. The molecule has 1 rings (SSSR count). The van der Waals surface area contributed by atoms with Gasteiger partial charge < -0.3 is 0 Å². The lowest BCUT2D eigenvalue weighted by atomic mass is 9.96. The summed E-state index contributed by atoms with van der Waals surface area (Å²) in [6.45, 7) is 6.18. The van der Waals surface area contributed by atoms with E-state index in [0.717, 1.165) is 12.3 Å². The van der Waals surface area contributed by atoms with E-state index < -0.39 is 0 Å². The van der Waals surface area contributed by atoms with E-state index in [1.54, 1.807) is 0 Å². The third-order valence-corrected chi connectivity index (χ3v) is 2.25. The molecular formula is C10H18N2. The van der Waals surface area contributed by atoms with Crippen LogP contribution in [0.1, 0.15) is 40.0 Å². The minimum absolute atomic E-state index is 0.296. The second-order valence-corrected chi connectivity index (χ2v) is 4.39. The van der Waals surface area contributed by atoms with Crippen molar-refractivity contribution in [2.24, 2.45) is 5.92 Å². The molecule has 0 radical (unpaired) electrons. The molecule has 1 unspecified atom stereocenters. The van der Waals surface area contributed by atoms with Crippen LogP contribution in [-0.4, -0.2) is 11.6 Å². The van der Waals surface area contributed by atoms with Gasteiger partial charge in [0.2, 0.25) is 0 Å². The van der Waals surface area contributed by atoms with E-state index in [9.17, 15) is 0 Å². The van der Waals surface area contributed by atoms with Crippen LogP contribution >= 0.6 is 0 Å². The van der Waals surface area contributed by atoms with Gasteiger partial charge in [0.1, 0.15) is 5.54 Å². The molecular weight excluding hydrogens is 148 g/mol. The Hall–Kier alpha value is -0.550. The van der Waals surface area contributed by atoms with Gasteiger partial charge in [-0.05, 0) is 33.1 Å². The Labute approximate surface area is 75.0 Å². The van der Waals surface area contributed by atoms with E-state index in [1.165, 1.54) is 12.8 Å². The highest BCUT2D eigenvalue weighted by Crippen LogP contribution is 2.36. The third kappa shape index (κ3) is 2.83. The predicted molar refractivity (Wildman–Crippen MR) is 49.6 cm³/mol. The van der Waals surface area contributed by atoms with Crippen LogP contribution in [0.15, 0.2) is 0 Å². The molecule has 12 heavy (non-hydrogen) atoms. The van der Waals surface area contributed by atoms with Gasteiger partial charge in [0.05, 0.1) is 6.07 Å². The van der Waals surface area contributed by atoms with Gasteiger partial charge in [-0.3, -0.25) is 5.32 Å². The topological polar surface area (TPSA) is 35.8 Å². The van der Waals surface area contributed by atoms with Gasteiger partial charge in [-0.25, -0.2) is 0 Å². The summed E-state index contributed by atoms with van der Waals surface area (Å²) in [7, 11) is 0. The minimum Gasteiger partial charge on any atom is -0.297 e. The normalized spacial score (nSPS) is 21.9. The van der Waals surface area contributed by atoms with E-state index in [2.05, 4.69) is 25.2 Å². The maximum atomic E-state index is 9.00. The summed E-state index contributed by atoms with van der Waals surface area (Å²) in [4.78, 5) is 0. The summed E-state index contributed by atoms with van der Waals surface area (Å²) < 4.78 is 0. The zero-order valence-electron chi connectivity index (χ0n) is 8.22. The zero-order chi connectivity index (χ0) is 9.19. The Morgan fingerprint density at radius 3 is 2.50 bits per heavy atom. The first-order valence-corrected chi connectivity index (χ1v) is 4.75. The lowest BCUT2D eigenvalue weighted by Gasteiger charge is -2.25. The lowest BCUT2D eigenvalue weighted by Crippen LogP contribution is -2.45. The maximum absolute atomic E-state index is 9.00. The largest absolute Gasteiger partial charge is 0.297 e. The van der Waals surface area contributed by atoms with Crippen molar-refractivity contribution in [3.05, 3.63) is 0 Å². The van der Waals surface area contributed by atoms with Crippen LogP contribution < -0.4 is 5.32 Å². The molecule has 2 heteroatoms. The average molecular weight is 166 g/mol. The molecule has 0 aromatic heterocycles. The van der Waals surface area contributed by atoms with Crippen LogP contribution in [0.5, 0.6) is 0 Å². The summed E-state index contributed by atoms with van der Waals surface area (Å²) in [5.41, 5.74) is -0.296. The first-order chi connectivity index (χ1) is 5.56. The quantitative estimate of drug-likeness (QED) is 0.694. The monoisotopic (exact) mass is 166 g/mol. The van der Waals surface area contributed by atoms with Crippen molar-refractivity contribution in [1.82, 2.24) is 5.32 Å². The molecule has 0 aromatic carbocycles. The van der Waals surface area contributed by atoms with Gasteiger partial charge in [0, 0.05) is 6.04 Å². The van der Waals surface area contributed by atoms with Crippen molar-refractivity contribution in [3.8, 4) is 6.07 Å². The number of rotatable bonds is 4. The van der Waals surface area contributed by atoms with Gasteiger partial charge in [0.15, 0.2) is 0 Å². The van der Waals surface area contributed by atoms with Crippen molar-refractivity contribution in [3.63, 3.8) is 0 Å². The van der Waals surface area contributed by atoms with Gasteiger partial charge in [-0.2, -0.15) is 5.26 Å². The lowest BCUT2D eigenvalue weighted by molar-refractivity contribution is 0.365. The highest BCUT2D eigenvalue weighted by molar-refractivity contribution is 5.06. The number of hydrogen-bond acceptors (Lipinski definition) is 2. The summed E-state index contributed by atoms with van der Waals surface area (Å²) in [6, 6.07) is 2.77. The molecule has 0 bridgehead atoms. The summed E-state index contributed by atoms with van der Waals surface area (Å²) >= 11 is 0. The molecule has 1 saturated carbocycles. The van der Waals surface area contributed by atoms with Crippen LogP contribution in [-0.2, 0) is 0 Å². The first-order valence-electron chi connectivity index (χ1n) is 4.75. The Bertz CT molecular complexity index is 183. The van der Waals surface area contributed by atoms with Crippen molar-refractivity contribution >= 4 is 0 Å². The number of nitrogens with zero attached hydrogens (tertiary/aromatic N) is 1. The van der Waals surface area contributed by atoms with E-state index >= 15 is 0 Å². The van der Waals surface area contributed by atoms with Crippen LogP contribution in [0.3, 0.4) is 0 Å². The third-order valence-electron chi connectivity index (χ3n) is 2.25. The molecule has 0 aromatic rings. The van der Waals surface area contributed by atoms with Crippen molar-refractivity contribution in [1.29, 1.82) is 5.26 Å². The van der Waals surface area contributed by atoms with E-state index in [4.69, 9.17) is 5.26 Å². The molecule has 1 fully saturated rings. The summed E-state index contributed by atoms with van der Waals surface area (Å²) in [5.74, 6) is 0.806. The molecule has 1 aliphatic carbocycles. The zero-order valence-corrected chi connectivity index (χ0v) is 8.22. The van der Waals surface area contributed by atoms with Gasteiger partial charge >= 0.3 is 0 Å². The molecule has 0 amide bonds. The SMILES string of the molecule is CC(C)NC(C)(C#N)CC1CC1. The van der Waals surface area contributed by atoms with E-state index in [-0.39, 0.29) is 5.54 Å². The fourth-order valence-corrected chi connectivity index (χ4v) is 1.67. The highest BCUT2D eigenvalue weighted by atomic mass is 15.0. The van der Waals surface area contributed by atoms with Gasteiger partial charge in [-0.1, -0.05) is 12.8 Å². The minimum atomic E-state index is -0.296. The molecule has 2 nitrogen and oxygen atoms in total. The molecule has 1 aliphatic rings. The fraction of sp³-hybridized carbons (Fsp3) is 0.900. The molecule has 1 N–H and O–H groups in total. The second-order valence-electron chi connectivity index (χ2n) is 4.39. The maximum Gasteiger partial charge on any atom is 0.104 e. The Morgan fingerprint density at radius 1 is 1.58 bits per heavy atom. The molecule has 68 valence electrons. The molecule has 0 spiro atoms.